The van der Waals surface area contributed by atoms with Crippen LogP contribution in [0.3, 0.4) is 0 Å². The summed E-state index contributed by atoms with van der Waals surface area (Å²) in [6.07, 6.45) is -0.418. The lowest BCUT2D eigenvalue weighted by molar-refractivity contribution is 0.653. The number of hydrogen-bond acceptors (Lipinski definition) is 4. The topological polar surface area (TPSA) is 59.8 Å². The van der Waals surface area contributed by atoms with Crippen molar-refractivity contribution >= 4 is 98.8 Å². The minimum absolute atomic E-state index is 0.418. The molecular weight excluding hydrogens is 795 g/mol. The Kier molecular flexibility index (Phi) is 7.65. The zero-order valence-electron chi connectivity index (χ0n) is 35.0. The molecule has 0 amide bonds. The first kappa shape index (κ1) is 35.8. The fourth-order valence-corrected chi connectivity index (χ4v) is 10.3. The largest absolute Gasteiger partial charge is 0.454 e. The van der Waals surface area contributed by atoms with Crippen LogP contribution in [0.2, 0.25) is 0 Å². The van der Waals surface area contributed by atoms with E-state index in [9.17, 15) is 0 Å². The quantitative estimate of drug-likeness (QED) is 0.188. The average Bonchev–Trinajstić information content (AvgIpc) is 4.04. The number of rotatable bonds is 5. The Hall–Kier alpha value is -8.74. The van der Waals surface area contributed by atoms with Gasteiger partial charge in [0.05, 0.1) is 27.8 Å². The molecule has 0 saturated heterocycles. The number of aliphatic imine (C=N–C) groups is 2. The number of fused-ring (bicyclic) bond motifs is 12. The van der Waals surface area contributed by atoms with Crippen LogP contribution in [0.15, 0.2) is 227 Å². The van der Waals surface area contributed by atoms with E-state index in [1.165, 1.54) is 37.8 Å². The molecule has 0 aliphatic carbocycles. The highest BCUT2D eigenvalue weighted by molar-refractivity contribution is 6.24. The van der Waals surface area contributed by atoms with Crippen LogP contribution < -0.4 is 5.32 Å². The Bertz CT molecular complexity index is 4170. The van der Waals surface area contributed by atoms with Gasteiger partial charge in [0.2, 0.25) is 0 Å². The van der Waals surface area contributed by atoms with Crippen LogP contribution >= 0.6 is 0 Å². The van der Waals surface area contributed by atoms with Gasteiger partial charge in [-0.05, 0) is 70.1 Å². The normalized spacial score (nSPS) is 14.3. The second kappa shape index (κ2) is 13.9. The second-order valence-electron chi connectivity index (χ2n) is 17.0. The van der Waals surface area contributed by atoms with E-state index in [0.717, 1.165) is 83.2 Å². The standard InChI is InChI=1S/C59H37N5O/c1-2-17-43(18-3-1)63-50-22-10-8-19-44(50)47-31-32-48-45-20-9-11-23-51(45)64(55(48)54(47)63)52-24-12-21-49-46-30-29-42(35-53(46)65-56(49)52)59-61-57(40-27-25-36-13-4-6-15-38(36)33-40)60-58(62-59)41-28-26-37-14-5-7-16-39(37)34-41/h1-35,59H,(H,60,61,62). The van der Waals surface area contributed by atoms with Gasteiger partial charge in [-0.25, -0.2) is 9.98 Å². The van der Waals surface area contributed by atoms with E-state index in [2.05, 4.69) is 227 Å². The Morgan fingerprint density at radius 2 is 1.02 bits per heavy atom. The van der Waals surface area contributed by atoms with Crippen molar-refractivity contribution < 1.29 is 4.42 Å². The van der Waals surface area contributed by atoms with Gasteiger partial charge in [-0.2, -0.15) is 0 Å². The summed E-state index contributed by atoms with van der Waals surface area (Å²) in [5, 5.41) is 15.3. The molecule has 4 heterocycles. The highest BCUT2D eigenvalue weighted by Crippen LogP contribution is 2.44. The summed E-state index contributed by atoms with van der Waals surface area (Å²) in [6.45, 7) is 0. The molecule has 1 atom stereocenters. The van der Waals surface area contributed by atoms with Gasteiger partial charge in [-0.15, -0.1) is 0 Å². The maximum Gasteiger partial charge on any atom is 0.159 e. The van der Waals surface area contributed by atoms with Crippen LogP contribution in [0.4, 0.5) is 0 Å². The summed E-state index contributed by atoms with van der Waals surface area (Å²) in [5.41, 5.74) is 11.3. The van der Waals surface area contributed by atoms with E-state index in [0.29, 0.717) is 5.84 Å². The predicted octanol–water partition coefficient (Wildman–Crippen LogP) is 14.6. The molecule has 3 aromatic heterocycles. The highest BCUT2D eigenvalue weighted by atomic mass is 16.3. The molecule has 0 fully saturated rings. The molecule has 0 saturated carbocycles. The van der Waals surface area contributed by atoms with E-state index >= 15 is 0 Å². The van der Waals surface area contributed by atoms with Gasteiger partial charge in [0, 0.05) is 54.7 Å². The number of benzene rings is 10. The van der Waals surface area contributed by atoms with Crippen LogP contribution in [0.25, 0.3) is 98.5 Å². The molecule has 1 aliphatic rings. The Balaban J connectivity index is 0.964. The van der Waals surface area contributed by atoms with E-state index in [1.54, 1.807) is 0 Å². The SMILES string of the molecule is c1ccc(-n2c3ccccc3c3ccc4c5ccccc5n(-c5cccc6c5oc5cc(C7N=C(c8ccc9ccccc9c8)N=C(c8ccc9ccccc9c8)N7)ccc56)c4c32)cc1. The van der Waals surface area contributed by atoms with Crippen LogP contribution in [-0.2, 0) is 0 Å². The minimum atomic E-state index is -0.418. The minimum Gasteiger partial charge on any atom is -0.454 e. The van der Waals surface area contributed by atoms with E-state index in [-0.39, 0.29) is 0 Å². The van der Waals surface area contributed by atoms with Crippen molar-refractivity contribution in [3.8, 4) is 11.4 Å². The third kappa shape index (κ3) is 5.47. The van der Waals surface area contributed by atoms with Gasteiger partial charge in [0.15, 0.2) is 11.4 Å². The summed E-state index contributed by atoms with van der Waals surface area (Å²) < 4.78 is 12.0. The Labute approximate surface area is 372 Å². The summed E-state index contributed by atoms with van der Waals surface area (Å²) in [7, 11) is 0. The maximum atomic E-state index is 7.11. The second-order valence-corrected chi connectivity index (χ2v) is 17.0. The van der Waals surface area contributed by atoms with E-state index in [4.69, 9.17) is 14.4 Å². The fourth-order valence-electron chi connectivity index (χ4n) is 10.3. The smallest absolute Gasteiger partial charge is 0.159 e. The van der Waals surface area contributed by atoms with Gasteiger partial charge in [0.25, 0.3) is 0 Å². The number of hydrogen-bond donors (Lipinski definition) is 1. The number of nitrogens with zero attached hydrogens (tertiary/aromatic N) is 4. The summed E-state index contributed by atoms with van der Waals surface area (Å²) in [5.74, 6) is 1.46. The lowest BCUT2D eigenvalue weighted by atomic mass is 10.0. The average molecular weight is 832 g/mol. The van der Waals surface area contributed by atoms with Crippen molar-refractivity contribution in [3.05, 3.63) is 229 Å². The van der Waals surface area contributed by atoms with E-state index in [1.807, 2.05) is 0 Å². The fraction of sp³-hybridized carbons (Fsp3) is 0.0169. The molecule has 0 bridgehead atoms. The molecule has 0 radical (unpaired) electrons. The van der Waals surface area contributed by atoms with Crippen LogP contribution in [0.5, 0.6) is 0 Å². The van der Waals surface area contributed by atoms with Crippen molar-refractivity contribution in [2.24, 2.45) is 9.98 Å². The number of furan rings is 1. The molecule has 1 N–H and O–H groups in total. The number of amidine groups is 2. The van der Waals surface area contributed by atoms with Gasteiger partial charge in [0.1, 0.15) is 17.6 Å². The van der Waals surface area contributed by atoms with Crippen LogP contribution in [-0.4, -0.2) is 20.8 Å². The van der Waals surface area contributed by atoms with Crippen molar-refractivity contribution in [2.75, 3.05) is 0 Å². The first-order valence-electron chi connectivity index (χ1n) is 22.1. The lowest BCUT2D eigenvalue weighted by Gasteiger charge is -2.24. The van der Waals surface area contributed by atoms with Gasteiger partial charge in [-0.1, -0.05) is 164 Å². The lowest BCUT2D eigenvalue weighted by Crippen LogP contribution is -2.33. The van der Waals surface area contributed by atoms with Crippen LogP contribution in [0.1, 0.15) is 22.9 Å². The molecular formula is C59H37N5O. The maximum absolute atomic E-state index is 7.11. The summed E-state index contributed by atoms with van der Waals surface area (Å²) in [4.78, 5) is 10.5. The van der Waals surface area contributed by atoms with Gasteiger partial charge < -0.3 is 18.9 Å². The monoisotopic (exact) mass is 831 g/mol. The zero-order valence-corrected chi connectivity index (χ0v) is 35.0. The molecule has 1 aliphatic heterocycles. The molecule has 10 aromatic carbocycles. The molecule has 1 unspecified atom stereocenters. The zero-order chi connectivity index (χ0) is 42.6. The molecule has 6 nitrogen and oxygen atoms in total. The molecule has 0 spiro atoms. The van der Waals surface area contributed by atoms with Crippen LogP contribution in [0, 0.1) is 0 Å². The first-order chi connectivity index (χ1) is 32.2. The number of nitrogens with one attached hydrogen (secondary N) is 1. The number of para-hydroxylation sites is 4. The number of aromatic nitrogens is 2. The predicted molar refractivity (Wildman–Crippen MR) is 269 cm³/mol. The van der Waals surface area contributed by atoms with E-state index < -0.39 is 6.17 Å². The third-order valence-electron chi connectivity index (χ3n) is 13.3. The molecule has 14 rings (SSSR count). The Morgan fingerprint density at radius 1 is 0.431 bits per heavy atom. The molecule has 65 heavy (non-hydrogen) atoms. The van der Waals surface area contributed by atoms with Crippen molar-refractivity contribution in [1.82, 2.24) is 14.5 Å². The Morgan fingerprint density at radius 3 is 1.75 bits per heavy atom. The van der Waals surface area contributed by atoms with Crippen molar-refractivity contribution in [2.45, 2.75) is 6.17 Å². The van der Waals surface area contributed by atoms with Crippen molar-refractivity contribution in [3.63, 3.8) is 0 Å². The van der Waals surface area contributed by atoms with Gasteiger partial charge in [-0.3, -0.25) is 0 Å². The first-order valence-corrected chi connectivity index (χ1v) is 22.1. The van der Waals surface area contributed by atoms with Gasteiger partial charge >= 0.3 is 0 Å². The summed E-state index contributed by atoms with van der Waals surface area (Å²) in [6, 6.07) is 75.6. The highest BCUT2D eigenvalue weighted by Gasteiger charge is 2.25. The molecule has 6 heteroatoms. The molecule has 13 aromatic rings. The molecule has 304 valence electrons. The van der Waals surface area contributed by atoms with Crippen molar-refractivity contribution in [1.29, 1.82) is 0 Å². The third-order valence-corrected chi connectivity index (χ3v) is 13.3. The summed E-state index contributed by atoms with van der Waals surface area (Å²) >= 11 is 0.